The van der Waals surface area contributed by atoms with Gasteiger partial charge in [0, 0.05) is 31.0 Å². The first-order chi connectivity index (χ1) is 13.0. The molecule has 1 amide bonds. The van der Waals surface area contributed by atoms with Crippen LogP contribution < -0.4 is 10.6 Å². The summed E-state index contributed by atoms with van der Waals surface area (Å²) in [6.45, 7) is 0.999. The van der Waals surface area contributed by atoms with E-state index in [1.807, 2.05) is 0 Å². The van der Waals surface area contributed by atoms with Crippen molar-refractivity contribution < 1.29 is 24.5 Å². The van der Waals surface area contributed by atoms with E-state index in [0.29, 0.717) is 18.7 Å². The molecule has 142 valence electrons. The van der Waals surface area contributed by atoms with E-state index < -0.39 is 18.2 Å². The molecule has 3 atom stereocenters. The average molecular weight is 371 g/mol. The van der Waals surface area contributed by atoms with Gasteiger partial charge >= 0.3 is 5.97 Å². The molecule has 0 saturated carbocycles. The number of pyridine rings is 1. The number of amides is 1. The number of benzene rings is 1. The highest BCUT2D eigenvalue weighted by Gasteiger charge is 2.35. The molecule has 1 aromatic heterocycles. The van der Waals surface area contributed by atoms with E-state index in [-0.39, 0.29) is 24.1 Å². The third-order valence-corrected chi connectivity index (χ3v) is 4.46. The fourth-order valence-corrected chi connectivity index (χ4v) is 2.86. The minimum atomic E-state index is -0.967. The molecule has 3 unspecified atom stereocenters. The summed E-state index contributed by atoms with van der Waals surface area (Å²) in [5.74, 6) is -1.21. The Bertz CT molecular complexity index is 782. The summed E-state index contributed by atoms with van der Waals surface area (Å²) in [5.41, 5.74) is 1.63. The fraction of sp³-hybridized carbons (Fsp3) is 0.316. The van der Waals surface area contributed by atoms with Crippen molar-refractivity contribution in [1.29, 1.82) is 0 Å². The molecule has 0 spiro atoms. The normalized spacial score (nSPS) is 21.7. The van der Waals surface area contributed by atoms with Crippen molar-refractivity contribution in [1.82, 2.24) is 15.6 Å². The first kappa shape index (κ1) is 19.0. The second-order valence-corrected chi connectivity index (χ2v) is 6.30. The van der Waals surface area contributed by atoms with Gasteiger partial charge in [0.15, 0.2) is 0 Å². The summed E-state index contributed by atoms with van der Waals surface area (Å²) >= 11 is 0. The highest BCUT2D eigenvalue weighted by Crippen LogP contribution is 2.15. The summed E-state index contributed by atoms with van der Waals surface area (Å²) in [6, 6.07) is 9.49. The van der Waals surface area contributed by atoms with E-state index in [0.717, 1.165) is 5.56 Å². The molecule has 3 rings (SSSR count). The maximum atomic E-state index is 12.0. The van der Waals surface area contributed by atoms with Crippen LogP contribution in [0.1, 0.15) is 26.3 Å². The lowest BCUT2D eigenvalue weighted by Crippen LogP contribution is -2.44. The molecule has 8 heteroatoms. The lowest BCUT2D eigenvalue weighted by molar-refractivity contribution is 0.0398. The third-order valence-electron chi connectivity index (χ3n) is 4.46. The zero-order chi connectivity index (χ0) is 19.2. The van der Waals surface area contributed by atoms with Crippen LogP contribution in [-0.4, -0.2) is 58.5 Å². The number of carbonyl (C=O) groups excluding carboxylic acids is 1. The van der Waals surface area contributed by atoms with Gasteiger partial charge in [0.2, 0.25) is 0 Å². The monoisotopic (exact) mass is 371 g/mol. The zero-order valence-corrected chi connectivity index (χ0v) is 14.5. The lowest BCUT2D eigenvalue weighted by Gasteiger charge is -2.19. The Morgan fingerprint density at radius 1 is 1.11 bits per heavy atom. The number of ether oxygens (including phenoxy) is 1. The first-order valence-corrected chi connectivity index (χ1v) is 8.58. The van der Waals surface area contributed by atoms with Crippen LogP contribution in [-0.2, 0) is 11.3 Å². The van der Waals surface area contributed by atoms with E-state index in [9.17, 15) is 14.7 Å². The van der Waals surface area contributed by atoms with Gasteiger partial charge in [-0.15, -0.1) is 0 Å². The van der Waals surface area contributed by atoms with Crippen LogP contribution in [0, 0.1) is 0 Å². The third kappa shape index (κ3) is 4.88. The quantitative estimate of drug-likeness (QED) is 0.557. The second kappa shape index (κ2) is 8.72. The number of aromatic carboxylic acids is 1. The van der Waals surface area contributed by atoms with Crippen molar-refractivity contribution in [3.63, 3.8) is 0 Å². The van der Waals surface area contributed by atoms with Crippen LogP contribution in [0.15, 0.2) is 48.8 Å². The van der Waals surface area contributed by atoms with E-state index in [1.54, 1.807) is 48.8 Å². The molecule has 0 radical (unpaired) electrons. The first-order valence-electron chi connectivity index (χ1n) is 8.58. The second-order valence-electron chi connectivity index (χ2n) is 6.30. The number of aliphatic hydroxyl groups is 1. The number of carboxylic acid groups (broad SMARTS) is 1. The molecular formula is C19H21N3O5. The standard InChI is InChI=1S/C19H21N3O5/c23-17-15(21-9-12-1-3-14(4-2-12)19(25)26)11-27-16(17)10-22-18(24)13-5-7-20-8-6-13/h1-8,15-17,21,23H,9-11H2,(H,22,24)(H,25,26). The van der Waals surface area contributed by atoms with Gasteiger partial charge in [-0.1, -0.05) is 12.1 Å². The van der Waals surface area contributed by atoms with Crippen molar-refractivity contribution in [3.05, 3.63) is 65.5 Å². The molecule has 1 saturated heterocycles. The van der Waals surface area contributed by atoms with Crippen LogP contribution in [0.25, 0.3) is 0 Å². The number of nitrogens with zero attached hydrogens (tertiary/aromatic N) is 1. The van der Waals surface area contributed by atoms with Gasteiger partial charge in [-0.25, -0.2) is 4.79 Å². The minimum absolute atomic E-state index is 0.202. The number of rotatable bonds is 7. The smallest absolute Gasteiger partial charge is 0.335 e. The average Bonchev–Trinajstić information content (AvgIpc) is 3.05. The Hall–Kier alpha value is -2.81. The van der Waals surface area contributed by atoms with Crippen LogP contribution in [0.4, 0.5) is 0 Å². The Kier molecular flexibility index (Phi) is 6.12. The number of carbonyl (C=O) groups is 2. The molecule has 2 heterocycles. The Morgan fingerprint density at radius 3 is 2.48 bits per heavy atom. The summed E-state index contributed by atoms with van der Waals surface area (Å²) in [6.07, 6.45) is 1.82. The van der Waals surface area contributed by atoms with Crippen molar-refractivity contribution in [3.8, 4) is 0 Å². The number of aromatic nitrogens is 1. The van der Waals surface area contributed by atoms with Crippen molar-refractivity contribution in [2.75, 3.05) is 13.2 Å². The summed E-state index contributed by atoms with van der Waals surface area (Å²) in [7, 11) is 0. The number of nitrogens with one attached hydrogen (secondary N) is 2. The molecule has 1 aromatic carbocycles. The molecule has 1 aliphatic heterocycles. The predicted molar refractivity (Wildman–Crippen MR) is 96.3 cm³/mol. The van der Waals surface area contributed by atoms with Gasteiger partial charge in [-0.05, 0) is 29.8 Å². The van der Waals surface area contributed by atoms with Gasteiger partial charge in [-0.2, -0.15) is 0 Å². The molecule has 4 N–H and O–H groups in total. The topological polar surface area (TPSA) is 121 Å². The molecular weight excluding hydrogens is 350 g/mol. The van der Waals surface area contributed by atoms with E-state index >= 15 is 0 Å². The summed E-state index contributed by atoms with van der Waals surface area (Å²) < 4.78 is 5.59. The molecule has 0 aliphatic carbocycles. The Balaban J connectivity index is 1.46. The van der Waals surface area contributed by atoms with Crippen LogP contribution in [0.2, 0.25) is 0 Å². The largest absolute Gasteiger partial charge is 0.478 e. The van der Waals surface area contributed by atoms with Crippen molar-refractivity contribution in [2.45, 2.75) is 24.8 Å². The van der Waals surface area contributed by atoms with Crippen molar-refractivity contribution >= 4 is 11.9 Å². The van der Waals surface area contributed by atoms with Crippen LogP contribution >= 0.6 is 0 Å². The molecule has 1 aliphatic rings. The molecule has 2 aromatic rings. The van der Waals surface area contributed by atoms with E-state index in [2.05, 4.69) is 15.6 Å². The Morgan fingerprint density at radius 2 is 1.81 bits per heavy atom. The van der Waals surface area contributed by atoms with E-state index in [4.69, 9.17) is 9.84 Å². The predicted octanol–water partition coefficient (Wildman–Crippen LogP) is 0.428. The molecule has 27 heavy (non-hydrogen) atoms. The SMILES string of the molecule is O=C(O)c1ccc(CNC2COC(CNC(=O)c3ccncc3)C2O)cc1. The molecule has 0 bridgehead atoms. The highest BCUT2D eigenvalue weighted by atomic mass is 16.5. The van der Waals surface area contributed by atoms with Gasteiger partial charge in [-0.3, -0.25) is 9.78 Å². The maximum absolute atomic E-state index is 12.0. The highest BCUT2D eigenvalue weighted by molar-refractivity contribution is 5.93. The number of hydrogen-bond acceptors (Lipinski definition) is 6. The van der Waals surface area contributed by atoms with Gasteiger partial charge < -0.3 is 25.6 Å². The van der Waals surface area contributed by atoms with Gasteiger partial charge in [0.1, 0.15) is 6.10 Å². The summed E-state index contributed by atoms with van der Waals surface area (Å²) in [5, 5.41) is 25.3. The van der Waals surface area contributed by atoms with Crippen molar-refractivity contribution in [2.24, 2.45) is 0 Å². The Labute approximate surface area is 156 Å². The maximum Gasteiger partial charge on any atom is 0.335 e. The number of aliphatic hydroxyl groups excluding tert-OH is 1. The minimum Gasteiger partial charge on any atom is -0.478 e. The van der Waals surface area contributed by atoms with E-state index in [1.165, 1.54) is 0 Å². The fourth-order valence-electron chi connectivity index (χ4n) is 2.86. The zero-order valence-electron chi connectivity index (χ0n) is 14.5. The molecule has 8 nitrogen and oxygen atoms in total. The number of carboxylic acids is 1. The van der Waals surface area contributed by atoms with Crippen LogP contribution in [0.3, 0.4) is 0 Å². The number of hydrogen-bond donors (Lipinski definition) is 4. The lowest BCUT2D eigenvalue weighted by atomic mass is 10.1. The van der Waals surface area contributed by atoms with Gasteiger partial charge in [0.25, 0.3) is 5.91 Å². The van der Waals surface area contributed by atoms with Gasteiger partial charge in [0.05, 0.1) is 24.3 Å². The summed E-state index contributed by atoms with van der Waals surface area (Å²) in [4.78, 5) is 26.8. The molecule has 1 fully saturated rings. The van der Waals surface area contributed by atoms with Crippen LogP contribution in [0.5, 0.6) is 0 Å².